The van der Waals surface area contributed by atoms with Crippen LogP contribution in [-0.4, -0.2) is 23.0 Å². The second-order valence-electron chi connectivity index (χ2n) is 7.72. The van der Waals surface area contributed by atoms with Crippen molar-refractivity contribution in [2.75, 3.05) is 12.4 Å². The Hall–Kier alpha value is -4.35. The molecule has 35 heavy (non-hydrogen) atoms. The van der Waals surface area contributed by atoms with Gasteiger partial charge in [0.15, 0.2) is 5.16 Å². The molecule has 3 aromatic carbocycles. The lowest BCUT2D eigenvalue weighted by molar-refractivity contribution is 0.102. The number of thioether (sulfide) groups is 1. The van der Waals surface area contributed by atoms with Gasteiger partial charge in [-0.2, -0.15) is 0 Å². The van der Waals surface area contributed by atoms with Gasteiger partial charge in [-0.25, -0.2) is 9.83 Å². The van der Waals surface area contributed by atoms with E-state index in [1.807, 2.05) is 43.3 Å². The highest BCUT2D eigenvalue weighted by Crippen LogP contribution is 2.30. The number of nitrogens with one attached hydrogen (secondary N) is 2. The van der Waals surface area contributed by atoms with Crippen LogP contribution in [-0.2, 0) is 5.75 Å². The number of amides is 1. The molecule has 0 aliphatic heterocycles. The molecule has 8 heteroatoms. The Morgan fingerprint density at radius 2 is 1.89 bits per heavy atom. The van der Waals surface area contributed by atoms with Crippen molar-refractivity contribution in [3.63, 3.8) is 0 Å². The summed E-state index contributed by atoms with van der Waals surface area (Å²) < 4.78 is 5.26. The van der Waals surface area contributed by atoms with E-state index in [2.05, 4.69) is 20.1 Å². The number of carbonyl (C=O) groups is 1. The van der Waals surface area contributed by atoms with E-state index in [1.165, 1.54) is 11.8 Å². The zero-order valence-corrected chi connectivity index (χ0v) is 20.0. The normalized spacial score (nSPS) is 10.4. The first-order chi connectivity index (χ1) is 17.0. The number of rotatable bonds is 7. The molecule has 0 aliphatic rings. The fraction of sp³-hybridized carbons (Fsp3) is 0.111. The number of nitrogens with zero attached hydrogens (tertiary/aromatic N) is 2. The molecule has 1 amide bonds. The van der Waals surface area contributed by atoms with Crippen molar-refractivity contribution < 1.29 is 9.53 Å². The topological polar surface area (TPSA) is 88.4 Å². The number of H-pyrrole nitrogens is 1. The first kappa shape index (κ1) is 23.8. The molecule has 0 saturated heterocycles. The standard InChI is InChI=1S/C27H22N4O3S/c1-17-10-12-19(13-11-17)25(32)29-21-8-4-6-18(14-21)16-35-27-30-23(24(28-2)26(33)31-27)20-7-5-9-22(15-20)34-3/h4-15H,16H2,1,3H3,(H,29,32)(H,30,31,33). The van der Waals surface area contributed by atoms with Gasteiger partial charge >= 0.3 is 0 Å². The van der Waals surface area contributed by atoms with E-state index >= 15 is 0 Å². The van der Waals surface area contributed by atoms with Crippen molar-refractivity contribution in [1.82, 2.24) is 9.97 Å². The third kappa shape index (κ3) is 5.78. The van der Waals surface area contributed by atoms with Gasteiger partial charge in [-0.05, 0) is 54.4 Å². The molecular weight excluding hydrogens is 460 g/mol. The molecule has 0 atom stereocenters. The van der Waals surface area contributed by atoms with Gasteiger partial charge in [-0.15, -0.1) is 0 Å². The monoisotopic (exact) mass is 482 g/mol. The van der Waals surface area contributed by atoms with E-state index in [1.54, 1.807) is 43.5 Å². The maximum Gasteiger partial charge on any atom is 0.276 e. The predicted octanol–water partition coefficient (Wildman–Crippen LogP) is 5.85. The van der Waals surface area contributed by atoms with E-state index < -0.39 is 5.56 Å². The van der Waals surface area contributed by atoms with Crippen LogP contribution in [0.2, 0.25) is 0 Å². The summed E-state index contributed by atoms with van der Waals surface area (Å²) in [6.45, 7) is 9.40. The van der Waals surface area contributed by atoms with Crippen molar-refractivity contribution in [3.8, 4) is 17.0 Å². The molecule has 0 fully saturated rings. The van der Waals surface area contributed by atoms with Crippen LogP contribution in [0.25, 0.3) is 16.1 Å². The number of hydrogen-bond donors (Lipinski definition) is 2. The van der Waals surface area contributed by atoms with Gasteiger partial charge in [0.1, 0.15) is 5.75 Å². The molecule has 0 spiro atoms. The third-order valence-corrected chi connectivity index (χ3v) is 6.15. The number of carbonyl (C=O) groups excluding carboxylic acids is 1. The highest BCUT2D eigenvalue weighted by Gasteiger charge is 2.15. The van der Waals surface area contributed by atoms with Crippen molar-refractivity contribution in [1.29, 1.82) is 0 Å². The Bertz CT molecular complexity index is 1470. The second-order valence-corrected chi connectivity index (χ2v) is 8.69. The fourth-order valence-corrected chi connectivity index (χ4v) is 4.19. The summed E-state index contributed by atoms with van der Waals surface area (Å²) in [5.41, 5.74) is 3.67. The van der Waals surface area contributed by atoms with Crippen molar-refractivity contribution >= 4 is 29.0 Å². The molecule has 0 aliphatic carbocycles. The molecular formula is C27H22N4O3S. The lowest BCUT2D eigenvalue weighted by Crippen LogP contribution is -2.12. The van der Waals surface area contributed by atoms with Crippen molar-refractivity contribution in [3.05, 3.63) is 111 Å². The summed E-state index contributed by atoms with van der Waals surface area (Å²) in [4.78, 5) is 35.7. The second kappa shape index (κ2) is 10.7. The summed E-state index contributed by atoms with van der Waals surface area (Å²) in [5, 5.41) is 3.31. The predicted molar refractivity (Wildman–Crippen MR) is 138 cm³/mol. The van der Waals surface area contributed by atoms with Gasteiger partial charge < -0.3 is 15.0 Å². The molecule has 4 aromatic rings. The first-order valence-corrected chi connectivity index (χ1v) is 11.7. The van der Waals surface area contributed by atoms with Crippen LogP contribution in [0.1, 0.15) is 21.5 Å². The largest absolute Gasteiger partial charge is 0.497 e. The number of benzene rings is 3. The molecule has 1 aromatic heterocycles. The van der Waals surface area contributed by atoms with Gasteiger partial charge in [0.05, 0.1) is 19.4 Å². The molecule has 4 rings (SSSR count). The zero-order valence-electron chi connectivity index (χ0n) is 19.2. The van der Waals surface area contributed by atoms with Crippen LogP contribution in [0.5, 0.6) is 5.75 Å². The number of anilines is 1. The van der Waals surface area contributed by atoms with E-state index in [0.29, 0.717) is 39.2 Å². The number of methoxy groups -OCH3 is 1. The lowest BCUT2D eigenvalue weighted by atomic mass is 10.1. The van der Waals surface area contributed by atoms with E-state index in [9.17, 15) is 9.59 Å². The summed E-state index contributed by atoms with van der Waals surface area (Å²) >= 11 is 1.34. The Kier molecular flexibility index (Phi) is 7.29. The summed E-state index contributed by atoms with van der Waals surface area (Å²) in [7, 11) is 1.55. The molecule has 0 bridgehead atoms. The minimum Gasteiger partial charge on any atom is -0.497 e. The summed E-state index contributed by atoms with van der Waals surface area (Å²) in [6.07, 6.45) is 0. The third-order valence-electron chi connectivity index (χ3n) is 5.20. The summed E-state index contributed by atoms with van der Waals surface area (Å²) in [5.74, 6) is 0.934. The van der Waals surface area contributed by atoms with Crippen LogP contribution >= 0.6 is 11.8 Å². The number of aryl methyl sites for hydroxylation is 1. The van der Waals surface area contributed by atoms with Gasteiger partial charge in [0.25, 0.3) is 17.2 Å². The number of ether oxygens (including phenoxy) is 1. The molecule has 0 unspecified atom stereocenters. The minimum absolute atomic E-state index is 0.0663. The number of aromatic amines is 1. The summed E-state index contributed by atoms with van der Waals surface area (Å²) in [6, 6.07) is 22.0. The average Bonchev–Trinajstić information content (AvgIpc) is 2.87. The van der Waals surface area contributed by atoms with E-state index in [4.69, 9.17) is 11.3 Å². The molecule has 0 saturated carbocycles. The van der Waals surface area contributed by atoms with Crippen LogP contribution in [0.15, 0.2) is 82.7 Å². The van der Waals surface area contributed by atoms with Crippen LogP contribution in [0, 0.1) is 13.5 Å². The Labute approximate surface area is 207 Å². The van der Waals surface area contributed by atoms with Gasteiger partial charge in [-0.1, -0.05) is 53.7 Å². The van der Waals surface area contributed by atoms with Gasteiger partial charge in [0, 0.05) is 17.0 Å². The molecule has 0 radical (unpaired) electrons. The van der Waals surface area contributed by atoms with Gasteiger partial charge in [-0.3, -0.25) is 9.59 Å². The van der Waals surface area contributed by atoms with Gasteiger partial charge in [0.2, 0.25) is 0 Å². The van der Waals surface area contributed by atoms with E-state index in [-0.39, 0.29) is 11.6 Å². The number of aromatic nitrogens is 2. The zero-order chi connectivity index (χ0) is 24.8. The van der Waals surface area contributed by atoms with Crippen molar-refractivity contribution in [2.24, 2.45) is 0 Å². The quantitative estimate of drug-likeness (QED) is 0.196. The molecule has 7 nitrogen and oxygen atoms in total. The average molecular weight is 483 g/mol. The van der Waals surface area contributed by atoms with E-state index in [0.717, 1.165) is 11.1 Å². The molecule has 1 heterocycles. The SMILES string of the molecule is [C-]#[N+]c1c(-c2cccc(OC)c2)nc(SCc2cccc(NC(=O)c3ccc(C)cc3)c2)[nH]c1=O. The lowest BCUT2D eigenvalue weighted by Gasteiger charge is -2.09. The van der Waals surface area contributed by atoms with Crippen molar-refractivity contribution in [2.45, 2.75) is 17.8 Å². The van der Waals surface area contributed by atoms with Crippen LogP contribution < -0.4 is 15.6 Å². The smallest absolute Gasteiger partial charge is 0.276 e. The van der Waals surface area contributed by atoms with Crippen LogP contribution in [0.3, 0.4) is 0 Å². The number of hydrogen-bond acceptors (Lipinski definition) is 5. The minimum atomic E-state index is -0.491. The maximum atomic E-state index is 12.6. The highest BCUT2D eigenvalue weighted by atomic mass is 32.2. The molecule has 174 valence electrons. The maximum absolute atomic E-state index is 12.6. The first-order valence-electron chi connectivity index (χ1n) is 10.7. The fourth-order valence-electron chi connectivity index (χ4n) is 3.39. The Morgan fingerprint density at radius 3 is 2.63 bits per heavy atom. The molecule has 2 N–H and O–H groups in total. The van der Waals surface area contributed by atoms with Crippen LogP contribution in [0.4, 0.5) is 11.4 Å². The Balaban J connectivity index is 1.52. The highest BCUT2D eigenvalue weighted by molar-refractivity contribution is 7.98. The Morgan fingerprint density at radius 1 is 1.11 bits per heavy atom.